The molecular formula is C23H30N4O2. The fraction of sp³-hybridized carbons (Fsp3) is 0.478. The molecule has 6 nitrogen and oxygen atoms in total. The topological polar surface area (TPSA) is 61.6 Å². The van der Waals surface area contributed by atoms with Gasteiger partial charge in [0.25, 0.3) is 5.91 Å². The Kier molecular flexibility index (Phi) is 6.30. The van der Waals surface area contributed by atoms with Gasteiger partial charge in [0.1, 0.15) is 0 Å². The first-order valence-corrected chi connectivity index (χ1v) is 10.7. The first kappa shape index (κ1) is 19.7. The van der Waals surface area contributed by atoms with Gasteiger partial charge in [-0.1, -0.05) is 23.4 Å². The maximum Gasteiger partial charge on any atom is 0.253 e. The standard InChI is InChI=1S/C23H30N4O2/c1-24-12-9-19-6-4-5-13-27(23(19)28)17-16-26-14-10-18(11-15-26)22-20-7-2-3-8-21(20)29-25-22/h2-3,6-9,12,18,24H,4-5,10-11,13-17H2,1H3/b12-9-. The third kappa shape index (κ3) is 4.53. The molecule has 1 saturated heterocycles. The number of allylic oxidation sites excluding steroid dienone is 1. The summed E-state index contributed by atoms with van der Waals surface area (Å²) in [7, 11) is 1.85. The van der Waals surface area contributed by atoms with Crippen LogP contribution in [0.25, 0.3) is 11.0 Å². The molecule has 3 heterocycles. The van der Waals surface area contributed by atoms with Crippen LogP contribution < -0.4 is 5.32 Å². The summed E-state index contributed by atoms with van der Waals surface area (Å²) < 4.78 is 5.49. The second kappa shape index (κ2) is 9.27. The van der Waals surface area contributed by atoms with Gasteiger partial charge in [-0.25, -0.2) is 0 Å². The van der Waals surface area contributed by atoms with E-state index in [1.165, 1.54) is 0 Å². The predicted octanol–water partition coefficient (Wildman–Crippen LogP) is 3.29. The number of hydrogen-bond donors (Lipinski definition) is 1. The van der Waals surface area contributed by atoms with Gasteiger partial charge in [-0.2, -0.15) is 0 Å². The molecule has 154 valence electrons. The lowest BCUT2D eigenvalue weighted by atomic mass is 9.91. The number of likely N-dealkylation sites (tertiary alicyclic amines) is 1. The zero-order valence-electron chi connectivity index (χ0n) is 17.1. The Morgan fingerprint density at radius 1 is 1.21 bits per heavy atom. The van der Waals surface area contributed by atoms with Gasteiger partial charge in [0.05, 0.1) is 5.69 Å². The molecule has 0 radical (unpaired) electrons. The van der Waals surface area contributed by atoms with E-state index in [1.807, 2.05) is 42.4 Å². The Morgan fingerprint density at radius 2 is 2.03 bits per heavy atom. The molecule has 1 aromatic carbocycles. The van der Waals surface area contributed by atoms with Crippen molar-refractivity contribution in [2.24, 2.45) is 0 Å². The molecule has 1 fully saturated rings. The van der Waals surface area contributed by atoms with Crippen LogP contribution in [0.3, 0.4) is 0 Å². The SMILES string of the molecule is CN/C=C\C1=CCCCN(CCN2CCC(c3noc4ccccc34)CC2)C1=O. The average molecular weight is 395 g/mol. The highest BCUT2D eigenvalue weighted by Crippen LogP contribution is 2.32. The van der Waals surface area contributed by atoms with Crippen molar-refractivity contribution in [3.05, 3.63) is 53.9 Å². The highest BCUT2D eigenvalue weighted by Gasteiger charge is 2.26. The number of nitrogens with one attached hydrogen (secondary N) is 1. The minimum absolute atomic E-state index is 0.151. The number of nitrogens with zero attached hydrogens (tertiary/aromatic N) is 3. The van der Waals surface area contributed by atoms with Crippen LogP contribution in [-0.2, 0) is 4.79 Å². The summed E-state index contributed by atoms with van der Waals surface area (Å²) in [6, 6.07) is 8.11. The second-order valence-electron chi connectivity index (χ2n) is 7.90. The van der Waals surface area contributed by atoms with Gasteiger partial charge in [0, 0.05) is 43.6 Å². The molecule has 2 aliphatic rings. The number of hydrogen-bond acceptors (Lipinski definition) is 5. The number of amides is 1. The summed E-state index contributed by atoms with van der Waals surface area (Å²) >= 11 is 0. The molecule has 2 aliphatic heterocycles. The Morgan fingerprint density at radius 3 is 2.86 bits per heavy atom. The van der Waals surface area contributed by atoms with Crippen LogP contribution in [-0.4, -0.2) is 60.6 Å². The van der Waals surface area contributed by atoms with Gasteiger partial charge in [-0.15, -0.1) is 0 Å². The molecule has 0 aliphatic carbocycles. The molecule has 1 N–H and O–H groups in total. The summed E-state index contributed by atoms with van der Waals surface area (Å²) in [4.78, 5) is 17.3. The van der Waals surface area contributed by atoms with Crippen molar-refractivity contribution < 1.29 is 9.32 Å². The molecule has 2 aromatic rings. The van der Waals surface area contributed by atoms with E-state index >= 15 is 0 Å². The highest BCUT2D eigenvalue weighted by atomic mass is 16.5. The Bertz CT molecular complexity index is 893. The molecule has 0 spiro atoms. The monoisotopic (exact) mass is 394 g/mol. The molecule has 6 heteroatoms. The number of benzene rings is 1. The van der Waals surface area contributed by atoms with Crippen LogP contribution in [0.2, 0.25) is 0 Å². The second-order valence-corrected chi connectivity index (χ2v) is 7.90. The highest BCUT2D eigenvalue weighted by molar-refractivity contribution is 5.96. The molecule has 0 unspecified atom stereocenters. The van der Waals surface area contributed by atoms with Gasteiger partial charge in [-0.3, -0.25) is 4.79 Å². The van der Waals surface area contributed by atoms with E-state index in [0.717, 1.165) is 80.6 Å². The third-order valence-electron chi connectivity index (χ3n) is 6.03. The van der Waals surface area contributed by atoms with Crippen molar-refractivity contribution in [3.63, 3.8) is 0 Å². The number of fused-ring (bicyclic) bond motifs is 1. The van der Waals surface area contributed by atoms with Crippen molar-refractivity contribution in [1.82, 2.24) is 20.3 Å². The van der Waals surface area contributed by atoms with Gasteiger partial charge in [-0.05, 0) is 63.2 Å². The zero-order valence-corrected chi connectivity index (χ0v) is 17.1. The minimum Gasteiger partial charge on any atom is -0.394 e. The summed E-state index contributed by atoms with van der Waals surface area (Å²) in [6.07, 6.45) is 9.93. The number of rotatable bonds is 6. The fourth-order valence-corrected chi connectivity index (χ4v) is 4.33. The Labute approximate surface area is 172 Å². The molecule has 0 bridgehead atoms. The smallest absolute Gasteiger partial charge is 0.253 e. The summed E-state index contributed by atoms with van der Waals surface area (Å²) in [6.45, 7) is 4.64. The van der Waals surface area contributed by atoms with Crippen LogP contribution >= 0.6 is 0 Å². The molecule has 0 atom stereocenters. The lowest BCUT2D eigenvalue weighted by Gasteiger charge is -2.33. The quantitative estimate of drug-likeness (QED) is 0.815. The van der Waals surface area contributed by atoms with E-state index in [9.17, 15) is 4.79 Å². The summed E-state index contributed by atoms with van der Waals surface area (Å²) in [5.41, 5.74) is 2.78. The van der Waals surface area contributed by atoms with Crippen LogP contribution in [0.4, 0.5) is 0 Å². The fourth-order valence-electron chi connectivity index (χ4n) is 4.33. The first-order chi connectivity index (χ1) is 14.3. The van der Waals surface area contributed by atoms with E-state index in [2.05, 4.69) is 27.5 Å². The van der Waals surface area contributed by atoms with Gasteiger partial charge < -0.3 is 19.6 Å². The van der Waals surface area contributed by atoms with Crippen molar-refractivity contribution in [3.8, 4) is 0 Å². The largest absolute Gasteiger partial charge is 0.394 e. The van der Waals surface area contributed by atoms with E-state index in [-0.39, 0.29) is 5.91 Å². The summed E-state index contributed by atoms with van der Waals surface area (Å²) in [5.74, 6) is 0.605. The Hall–Kier alpha value is -2.60. The average Bonchev–Trinajstić information content (AvgIpc) is 3.11. The van der Waals surface area contributed by atoms with E-state index < -0.39 is 0 Å². The number of carbonyl (C=O) groups excluding carboxylic acids is 1. The molecular weight excluding hydrogens is 364 g/mol. The molecule has 1 aromatic heterocycles. The van der Waals surface area contributed by atoms with Crippen molar-refractivity contribution in [1.29, 1.82) is 0 Å². The van der Waals surface area contributed by atoms with Crippen LogP contribution in [0.1, 0.15) is 37.3 Å². The first-order valence-electron chi connectivity index (χ1n) is 10.7. The molecule has 4 rings (SSSR count). The number of para-hydroxylation sites is 1. The zero-order chi connectivity index (χ0) is 20.1. The van der Waals surface area contributed by atoms with Crippen molar-refractivity contribution >= 4 is 16.9 Å². The maximum atomic E-state index is 12.8. The van der Waals surface area contributed by atoms with Crippen LogP contribution in [0.15, 0.2) is 52.7 Å². The predicted molar refractivity (Wildman–Crippen MR) is 115 cm³/mol. The number of carbonyl (C=O) groups is 1. The van der Waals surface area contributed by atoms with Crippen molar-refractivity contribution in [2.75, 3.05) is 39.8 Å². The van der Waals surface area contributed by atoms with E-state index in [0.29, 0.717) is 5.92 Å². The normalized spacial score (nSPS) is 19.7. The van der Waals surface area contributed by atoms with Gasteiger partial charge in [0.15, 0.2) is 5.58 Å². The molecule has 1 amide bonds. The van der Waals surface area contributed by atoms with Gasteiger partial charge in [0.2, 0.25) is 0 Å². The maximum absolute atomic E-state index is 12.8. The lowest BCUT2D eigenvalue weighted by Crippen LogP contribution is -2.41. The minimum atomic E-state index is 0.151. The van der Waals surface area contributed by atoms with Crippen molar-refractivity contribution in [2.45, 2.75) is 31.6 Å². The number of piperidine rings is 1. The van der Waals surface area contributed by atoms with Crippen LogP contribution in [0, 0.1) is 0 Å². The number of aromatic nitrogens is 1. The third-order valence-corrected chi connectivity index (χ3v) is 6.03. The molecule has 0 saturated carbocycles. The van der Waals surface area contributed by atoms with E-state index in [4.69, 9.17) is 4.52 Å². The summed E-state index contributed by atoms with van der Waals surface area (Å²) in [5, 5.41) is 8.47. The lowest BCUT2D eigenvalue weighted by molar-refractivity contribution is -0.126. The molecule has 29 heavy (non-hydrogen) atoms. The van der Waals surface area contributed by atoms with Crippen LogP contribution in [0.5, 0.6) is 0 Å². The Balaban J connectivity index is 1.30. The van der Waals surface area contributed by atoms with Gasteiger partial charge >= 0.3 is 0 Å². The van der Waals surface area contributed by atoms with E-state index in [1.54, 1.807) is 0 Å².